The van der Waals surface area contributed by atoms with E-state index in [2.05, 4.69) is 9.98 Å². The summed E-state index contributed by atoms with van der Waals surface area (Å²) < 4.78 is 15.4. The number of rotatable bonds is 2. The highest BCUT2D eigenvalue weighted by molar-refractivity contribution is 5.86. The number of nitrogens with zero attached hydrogens (tertiary/aromatic N) is 3. The van der Waals surface area contributed by atoms with Crippen LogP contribution in [0.1, 0.15) is 5.82 Å². The van der Waals surface area contributed by atoms with E-state index in [9.17, 15) is 4.39 Å². The zero-order chi connectivity index (χ0) is 13.2. The van der Waals surface area contributed by atoms with Crippen LogP contribution in [0.25, 0.3) is 11.0 Å². The normalized spacial score (nSPS) is 11.5. The van der Waals surface area contributed by atoms with Gasteiger partial charge >= 0.3 is 0 Å². The van der Waals surface area contributed by atoms with E-state index in [1.807, 2.05) is 35.9 Å². The van der Waals surface area contributed by atoms with Crippen LogP contribution >= 0.6 is 0 Å². The zero-order valence-electron chi connectivity index (χ0n) is 10.4. The molecule has 3 nitrogen and oxygen atoms in total. The number of aromatic nitrogens is 2. The predicted molar refractivity (Wildman–Crippen MR) is 74.4 cm³/mol. The molecule has 1 aromatic heterocycles. The molecule has 0 saturated heterocycles. The van der Waals surface area contributed by atoms with Gasteiger partial charge in [0.1, 0.15) is 5.82 Å². The van der Waals surface area contributed by atoms with Crippen molar-refractivity contribution in [3.8, 4) is 0 Å². The fraction of sp³-hybridized carbons (Fsp3) is 0.0667. The maximum atomic E-state index is 13.5. The monoisotopic (exact) mass is 253 g/mol. The van der Waals surface area contributed by atoms with Crippen LogP contribution in [-0.4, -0.2) is 15.8 Å². The summed E-state index contributed by atoms with van der Waals surface area (Å²) in [4.78, 5) is 8.60. The van der Waals surface area contributed by atoms with Crippen LogP contribution < -0.4 is 0 Å². The Morgan fingerprint density at radius 3 is 2.63 bits per heavy atom. The molecular weight excluding hydrogens is 241 g/mol. The van der Waals surface area contributed by atoms with E-state index in [0.29, 0.717) is 11.5 Å². The first-order chi connectivity index (χ1) is 9.25. The van der Waals surface area contributed by atoms with Gasteiger partial charge < -0.3 is 4.57 Å². The Bertz CT molecular complexity index is 759. The molecule has 0 fully saturated rings. The Hall–Kier alpha value is -2.49. The number of hydrogen-bond donors (Lipinski definition) is 0. The van der Waals surface area contributed by atoms with E-state index in [0.717, 1.165) is 11.0 Å². The molecule has 2 aromatic carbocycles. The quantitative estimate of drug-likeness (QED) is 0.643. The van der Waals surface area contributed by atoms with E-state index in [1.165, 1.54) is 6.07 Å². The zero-order valence-corrected chi connectivity index (χ0v) is 10.4. The summed E-state index contributed by atoms with van der Waals surface area (Å²) in [5, 5.41) is 0. The summed E-state index contributed by atoms with van der Waals surface area (Å²) in [7, 11) is 1.91. The van der Waals surface area contributed by atoms with Gasteiger partial charge in [-0.15, -0.1) is 0 Å². The molecular formula is C15H12FN3. The summed E-state index contributed by atoms with van der Waals surface area (Å²) >= 11 is 0. The molecule has 0 amide bonds. The van der Waals surface area contributed by atoms with E-state index < -0.39 is 0 Å². The van der Waals surface area contributed by atoms with E-state index in [1.54, 1.807) is 24.4 Å². The number of imidazole rings is 1. The Morgan fingerprint density at radius 2 is 1.84 bits per heavy atom. The standard InChI is InChI=1S/C15H12FN3/c1-19-14-9-5-4-8-13(14)18-15(19)10-17-12-7-3-2-6-11(12)16/h2-10H,1H3/b17-10+. The first kappa shape index (κ1) is 11.6. The van der Waals surface area contributed by atoms with Gasteiger partial charge in [-0.1, -0.05) is 24.3 Å². The Balaban J connectivity index is 2.02. The van der Waals surface area contributed by atoms with Crippen molar-refractivity contribution in [3.63, 3.8) is 0 Å². The topological polar surface area (TPSA) is 30.2 Å². The number of aliphatic imine (C=N–C) groups is 1. The summed E-state index contributed by atoms with van der Waals surface area (Å²) in [5.74, 6) is 0.363. The number of halogens is 1. The van der Waals surface area contributed by atoms with E-state index in [4.69, 9.17) is 0 Å². The maximum Gasteiger partial charge on any atom is 0.152 e. The van der Waals surface area contributed by atoms with Crippen LogP contribution in [0.2, 0.25) is 0 Å². The minimum atomic E-state index is -0.336. The Kier molecular flexibility index (Phi) is 2.83. The third kappa shape index (κ3) is 2.12. The van der Waals surface area contributed by atoms with Crippen molar-refractivity contribution in [2.75, 3.05) is 0 Å². The van der Waals surface area contributed by atoms with E-state index in [-0.39, 0.29) is 5.82 Å². The predicted octanol–water partition coefficient (Wildman–Crippen LogP) is 3.46. The van der Waals surface area contributed by atoms with Gasteiger partial charge in [-0.2, -0.15) is 0 Å². The average molecular weight is 253 g/mol. The number of aryl methyl sites for hydroxylation is 1. The SMILES string of the molecule is Cn1c(/C=N/c2ccccc2F)nc2ccccc21. The van der Waals surface area contributed by atoms with Gasteiger partial charge in [-0.3, -0.25) is 0 Å². The second-order valence-corrected chi connectivity index (χ2v) is 4.23. The van der Waals surface area contributed by atoms with Gasteiger partial charge in [-0.25, -0.2) is 14.4 Å². The molecule has 0 aliphatic carbocycles. The molecule has 0 radical (unpaired) electrons. The van der Waals surface area contributed by atoms with Gasteiger partial charge in [-0.05, 0) is 24.3 Å². The molecule has 4 heteroatoms. The first-order valence-corrected chi connectivity index (χ1v) is 5.96. The highest BCUT2D eigenvalue weighted by Crippen LogP contribution is 2.17. The molecule has 0 spiro atoms. The number of para-hydroxylation sites is 3. The molecule has 94 valence electrons. The van der Waals surface area contributed by atoms with Gasteiger partial charge in [0.15, 0.2) is 5.82 Å². The lowest BCUT2D eigenvalue weighted by Crippen LogP contribution is -1.95. The lowest BCUT2D eigenvalue weighted by atomic mass is 10.3. The van der Waals surface area contributed by atoms with Gasteiger partial charge in [0.05, 0.1) is 22.9 Å². The maximum absolute atomic E-state index is 13.5. The van der Waals surface area contributed by atoms with Crippen LogP contribution in [-0.2, 0) is 7.05 Å². The molecule has 1 heterocycles. The largest absolute Gasteiger partial charge is 0.326 e. The molecule has 0 N–H and O–H groups in total. The molecule has 3 rings (SSSR count). The average Bonchev–Trinajstić information content (AvgIpc) is 2.75. The van der Waals surface area contributed by atoms with Gasteiger partial charge in [0.25, 0.3) is 0 Å². The molecule has 0 aliphatic heterocycles. The second kappa shape index (κ2) is 4.65. The van der Waals surface area contributed by atoms with E-state index >= 15 is 0 Å². The van der Waals surface area contributed by atoms with Crippen molar-refractivity contribution < 1.29 is 4.39 Å². The van der Waals surface area contributed by atoms with Crippen LogP contribution in [0.4, 0.5) is 10.1 Å². The van der Waals surface area contributed by atoms with Crippen LogP contribution in [0.5, 0.6) is 0 Å². The molecule has 19 heavy (non-hydrogen) atoms. The van der Waals surface area contributed by atoms with Crippen molar-refractivity contribution in [1.29, 1.82) is 0 Å². The van der Waals surface area contributed by atoms with Crippen molar-refractivity contribution >= 4 is 22.9 Å². The highest BCUT2D eigenvalue weighted by atomic mass is 19.1. The van der Waals surface area contributed by atoms with Crippen molar-refractivity contribution in [1.82, 2.24) is 9.55 Å². The molecule has 3 aromatic rings. The lowest BCUT2D eigenvalue weighted by molar-refractivity contribution is 0.630. The number of benzene rings is 2. The summed E-state index contributed by atoms with van der Waals surface area (Å²) in [6.45, 7) is 0. The second-order valence-electron chi connectivity index (χ2n) is 4.23. The highest BCUT2D eigenvalue weighted by Gasteiger charge is 2.04. The molecule has 0 atom stereocenters. The van der Waals surface area contributed by atoms with Crippen molar-refractivity contribution in [2.45, 2.75) is 0 Å². The van der Waals surface area contributed by atoms with Crippen molar-refractivity contribution in [2.24, 2.45) is 12.0 Å². The smallest absolute Gasteiger partial charge is 0.152 e. The molecule has 0 unspecified atom stereocenters. The van der Waals surface area contributed by atoms with Crippen LogP contribution in [0, 0.1) is 5.82 Å². The number of fused-ring (bicyclic) bond motifs is 1. The number of hydrogen-bond acceptors (Lipinski definition) is 2. The summed E-state index contributed by atoms with van der Waals surface area (Å²) in [5.41, 5.74) is 2.24. The minimum absolute atomic E-state index is 0.314. The van der Waals surface area contributed by atoms with Gasteiger partial charge in [0.2, 0.25) is 0 Å². The lowest BCUT2D eigenvalue weighted by Gasteiger charge is -1.97. The molecule has 0 bridgehead atoms. The molecule has 0 aliphatic rings. The third-order valence-corrected chi connectivity index (χ3v) is 2.99. The Labute approximate surface area is 110 Å². The third-order valence-electron chi connectivity index (χ3n) is 2.99. The molecule has 0 saturated carbocycles. The van der Waals surface area contributed by atoms with Gasteiger partial charge in [0, 0.05) is 7.05 Å². The van der Waals surface area contributed by atoms with Crippen molar-refractivity contribution in [3.05, 3.63) is 60.2 Å². The fourth-order valence-electron chi connectivity index (χ4n) is 1.96. The van der Waals surface area contributed by atoms with Crippen LogP contribution in [0.15, 0.2) is 53.5 Å². The summed E-state index contributed by atoms with van der Waals surface area (Å²) in [6, 6.07) is 14.2. The first-order valence-electron chi connectivity index (χ1n) is 5.96. The Morgan fingerprint density at radius 1 is 1.11 bits per heavy atom. The summed E-state index contributed by atoms with van der Waals surface area (Å²) in [6.07, 6.45) is 1.58. The fourth-order valence-corrected chi connectivity index (χ4v) is 1.96. The minimum Gasteiger partial charge on any atom is -0.326 e. The van der Waals surface area contributed by atoms with Crippen LogP contribution in [0.3, 0.4) is 0 Å².